The van der Waals surface area contributed by atoms with Crippen LogP contribution >= 0.6 is 15.9 Å². The number of hydrogen-bond acceptors (Lipinski definition) is 6. The number of hydrogen-bond donors (Lipinski definition) is 2. The Morgan fingerprint density at radius 1 is 1.31 bits per heavy atom. The summed E-state index contributed by atoms with van der Waals surface area (Å²) in [6, 6.07) is 0. The van der Waals surface area contributed by atoms with Gasteiger partial charge in [-0.05, 0) is 54.7 Å². The first-order valence-corrected chi connectivity index (χ1v) is 10.4. The molecule has 2 aromatic rings. The van der Waals surface area contributed by atoms with Gasteiger partial charge < -0.3 is 15.6 Å². The number of ether oxygens (including phenoxy) is 1. The van der Waals surface area contributed by atoms with Gasteiger partial charge in [-0.15, -0.1) is 5.10 Å². The van der Waals surface area contributed by atoms with E-state index < -0.39 is 12.2 Å². The highest BCUT2D eigenvalue weighted by molar-refractivity contribution is 9.10. The number of piperidine rings is 1. The zero-order valence-corrected chi connectivity index (χ0v) is 17.5. The fourth-order valence-corrected chi connectivity index (χ4v) is 4.37. The molecule has 2 aliphatic heterocycles. The van der Waals surface area contributed by atoms with E-state index in [1.165, 1.54) is 10.7 Å². The average Bonchev–Trinajstić information content (AvgIpc) is 2.93. The van der Waals surface area contributed by atoms with Gasteiger partial charge in [0.25, 0.3) is 6.43 Å². The number of nitrogen functional groups attached to an aromatic ring is 1. The Morgan fingerprint density at radius 2 is 2.03 bits per heavy atom. The molecule has 2 fully saturated rings. The van der Waals surface area contributed by atoms with Crippen LogP contribution in [-0.2, 0) is 4.74 Å². The highest BCUT2D eigenvalue weighted by atomic mass is 79.9. The second-order valence-corrected chi connectivity index (χ2v) is 8.06. The predicted molar refractivity (Wildman–Crippen MR) is 106 cm³/mol. The normalized spacial score (nSPS) is 21.4. The smallest absolute Gasteiger partial charge is 0.251 e. The highest BCUT2D eigenvalue weighted by Gasteiger charge is 2.29. The molecule has 2 saturated heterocycles. The van der Waals surface area contributed by atoms with Crippen molar-refractivity contribution in [2.24, 2.45) is 0 Å². The number of alkyl halides is 2. The number of aromatic nitrogens is 3. The third kappa shape index (κ3) is 5.59. The van der Waals surface area contributed by atoms with Crippen LogP contribution in [0.25, 0.3) is 5.52 Å². The molecule has 1 unspecified atom stereocenters. The van der Waals surface area contributed by atoms with Crippen LogP contribution in [0.5, 0.6) is 0 Å². The molecule has 2 aliphatic rings. The lowest BCUT2D eigenvalue weighted by Crippen LogP contribution is -2.36. The van der Waals surface area contributed by atoms with E-state index in [1.807, 2.05) is 0 Å². The first kappa shape index (κ1) is 22.3. The van der Waals surface area contributed by atoms with Crippen molar-refractivity contribution in [3.8, 4) is 0 Å². The number of nitrogens with zero attached hydrogens (tertiary/aromatic N) is 4. The van der Waals surface area contributed by atoms with Gasteiger partial charge in [0.2, 0.25) is 5.95 Å². The molecule has 0 amide bonds. The molecular weight excluding hydrogens is 455 g/mol. The van der Waals surface area contributed by atoms with E-state index in [0.717, 1.165) is 19.4 Å². The largest absolute Gasteiger partial charge is 0.391 e. The molecule has 1 atom stereocenters. The average molecular weight is 480 g/mol. The van der Waals surface area contributed by atoms with Gasteiger partial charge >= 0.3 is 0 Å². The number of anilines is 1. The molecule has 162 valence electrons. The zero-order valence-electron chi connectivity index (χ0n) is 15.9. The summed E-state index contributed by atoms with van der Waals surface area (Å²) >= 11 is 3.27. The monoisotopic (exact) mass is 479 g/mol. The standard InChI is InChI=1S/C13H15BrF3N5.C5H10O2/c14-10-11(17)8-5-19-13(18)20-22(8)12(10)7-1-3-21(4-2-7)6-9(15)16;6-5-2-1-3-7-4-5/h5,7,9H,1-4,6H2,(H2,18,20);5-6H,1-4H2. The van der Waals surface area contributed by atoms with Gasteiger partial charge in [-0.2, -0.15) is 0 Å². The first-order chi connectivity index (χ1) is 13.9. The van der Waals surface area contributed by atoms with Gasteiger partial charge in [-0.3, -0.25) is 4.90 Å². The van der Waals surface area contributed by atoms with Crippen molar-refractivity contribution >= 4 is 27.4 Å². The number of aliphatic hydroxyl groups excluding tert-OH is 1. The van der Waals surface area contributed by atoms with Gasteiger partial charge in [0.15, 0.2) is 5.82 Å². The Hall–Kier alpha value is -1.43. The zero-order chi connectivity index (χ0) is 21.0. The third-order valence-corrected chi connectivity index (χ3v) is 5.88. The summed E-state index contributed by atoms with van der Waals surface area (Å²) < 4.78 is 45.9. The summed E-state index contributed by atoms with van der Waals surface area (Å²) in [6.07, 6.45) is 2.09. The summed E-state index contributed by atoms with van der Waals surface area (Å²) in [4.78, 5) is 5.53. The van der Waals surface area contributed by atoms with Crippen molar-refractivity contribution in [3.63, 3.8) is 0 Å². The van der Waals surface area contributed by atoms with Gasteiger partial charge in [0, 0.05) is 12.5 Å². The summed E-state index contributed by atoms with van der Waals surface area (Å²) in [7, 11) is 0. The quantitative estimate of drug-likeness (QED) is 0.703. The molecule has 11 heteroatoms. The molecule has 29 heavy (non-hydrogen) atoms. The Labute approximate surface area is 175 Å². The molecule has 0 radical (unpaired) electrons. The molecule has 4 heterocycles. The van der Waals surface area contributed by atoms with Crippen LogP contribution in [0, 0.1) is 5.82 Å². The molecule has 7 nitrogen and oxygen atoms in total. The number of nitrogens with two attached hydrogens (primary N) is 1. The fraction of sp³-hybridized carbons (Fsp3) is 0.667. The predicted octanol–water partition coefficient (Wildman–Crippen LogP) is 2.82. The summed E-state index contributed by atoms with van der Waals surface area (Å²) in [5.41, 5.74) is 6.53. The van der Waals surface area contributed by atoms with E-state index in [4.69, 9.17) is 15.6 Å². The third-order valence-electron chi connectivity index (χ3n) is 5.13. The van der Waals surface area contributed by atoms with E-state index in [1.54, 1.807) is 4.90 Å². The molecule has 4 rings (SSSR count). The number of likely N-dealkylation sites (tertiary alicyclic amines) is 1. The maximum absolute atomic E-state index is 14.3. The van der Waals surface area contributed by atoms with Gasteiger partial charge in [0.05, 0.1) is 35.6 Å². The molecular formula is C18H25BrF3N5O2. The molecule has 0 saturated carbocycles. The lowest BCUT2D eigenvalue weighted by Gasteiger charge is -2.31. The fourth-order valence-electron chi connectivity index (χ4n) is 3.68. The number of aliphatic hydroxyl groups is 1. The van der Waals surface area contributed by atoms with Gasteiger partial charge in [0.1, 0.15) is 5.52 Å². The summed E-state index contributed by atoms with van der Waals surface area (Å²) in [5.74, 6) is -0.328. The van der Waals surface area contributed by atoms with Crippen LogP contribution in [0.3, 0.4) is 0 Å². The van der Waals surface area contributed by atoms with Crippen LogP contribution in [0.1, 0.15) is 37.3 Å². The topological polar surface area (TPSA) is 88.9 Å². The van der Waals surface area contributed by atoms with Crippen LogP contribution in [0.2, 0.25) is 0 Å². The van der Waals surface area contributed by atoms with Crippen LogP contribution < -0.4 is 5.73 Å². The molecule has 0 bridgehead atoms. The number of rotatable bonds is 3. The lowest BCUT2D eigenvalue weighted by atomic mass is 9.93. The van der Waals surface area contributed by atoms with E-state index >= 15 is 0 Å². The SMILES string of the molecule is Nc1ncc2c(F)c(Br)c(C3CCN(CC(F)F)CC3)n2n1.OC1CCCOC1. The van der Waals surface area contributed by atoms with Gasteiger partial charge in [-0.25, -0.2) is 22.7 Å². The first-order valence-electron chi connectivity index (χ1n) is 9.61. The summed E-state index contributed by atoms with van der Waals surface area (Å²) in [5, 5.41) is 12.9. The highest BCUT2D eigenvalue weighted by Crippen LogP contribution is 2.37. The molecule has 2 aromatic heterocycles. The second-order valence-electron chi connectivity index (χ2n) is 7.26. The van der Waals surface area contributed by atoms with Crippen molar-refractivity contribution in [2.45, 2.75) is 44.1 Å². The maximum Gasteiger partial charge on any atom is 0.251 e. The Bertz CT molecular complexity index is 808. The van der Waals surface area contributed by atoms with E-state index in [2.05, 4.69) is 26.0 Å². The molecule has 0 aromatic carbocycles. The Kier molecular flexibility index (Phi) is 7.72. The van der Waals surface area contributed by atoms with Crippen molar-refractivity contribution in [3.05, 3.63) is 22.2 Å². The number of halogens is 4. The minimum absolute atomic E-state index is 0.0367. The Balaban J connectivity index is 0.000000290. The van der Waals surface area contributed by atoms with Crippen molar-refractivity contribution in [1.29, 1.82) is 0 Å². The molecule has 3 N–H and O–H groups in total. The van der Waals surface area contributed by atoms with Crippen LogP contribution in [-0.4, -0.2) is 70.0 Å². The minimum atomic E-state index is -2.33. The maximum atomic E-state index is 14.3. The molecule has 0 aliphatic carbocycles. The molecule has 0 spiro atoms. The van der Waals surface area contributed by atoms with Crippen molar-refractivity contribution in [2.75, 3.05) is 38.6 Å². The lowest BCUT2D eigenvalue weighted by molar-refractivity contribution is -0.00535. The van der Waals surface area contributed by atoms with Gasteiger partial charge in [-0.1, -0.05) is 0 Å². The van der Waals surface area contributed by atoms with Crippen molar-refractivity contribution in [1.82, 2.24) is 19.5 Å². The minimum Gasteiger partial charge on any atom is -0.391 e. The van der Waals surface area contributed by atoms with Crippen LogP contribution in [0.4, 0.5) is 19.1 Å². The van der Waals surface area contributed by atoms with E-state index in [0.29, 0.717) is 42.7 Å². The van der Waals surface area contributed by atoms with E-state index in [9.17, 15) is 13.2 Å². The van der Waals surface area contributed by atoms with Crippen LogP contribution in [0.15, 0.2) is 10.7 Å². The summed E-state index contributed by atoms with van der Waals surface area (Å²) in [6.45, 7) is 2.26. The second kappa shape index (κ2) is 10.1. The van der Waals surface area contributed by atoms with Crippen molar-refractivity contribution < 1.29 is 23.0 Å². The Morgan fingerprint density at radius 3 is 2.59 bits per heavy atom. The van der Waals surface area contributed by atoms with E-state index in [-0.39, 0.29) is 30.0 Å². The number of fused-ring (bicyclic) bond motifs is 1.